The molecule has 0 aliphatic heterocycles. The predicted octanol–water partition coefficient (Wildman–Crippen LogP) is 1.55. The van der Waals surface area contributed by atoms with Gasteiger partial charge in [-0.25, -0.2) is 0 Å². The molecule has 0 aliphatic rings. The molecule has 0 amide bonds. The molecule has 16 heavy (non-hydrogen) atoms. The first-order valence-corrected chi connectivity index (χ1v) is 5.12. The quantitative estimate of drug-likeness (QED) is 0.621. The summed E-state index contributed by atoms with van der Waals surface area (Å²) >= 11 is 0. The molecule has 0 radical (unpaired) electrons. The SMILES string of the molecule is CC(N)Cc1ccc(N(C)C)cc1[N+](=O)[O-]. The van der Waals surface area contributed by atoms with E-state index in [0.717, 1.165) is 5.69 Å². The molecule has 2 N–H and O–H groups in total. The van der Waals surface area contributed by atoms with Crippen molar-refractivity contribution in [3.8, 4) is 0 Å². The number of benzene rings is 1. The molecule has 1 aromatic carbocycles. The summed E-state index contributed by atoms with van der Waals surface area (Å²) in [5, 5.41) is 10.9. The predicted molar refractivity (Wildman–Crippen MR) is 64.8 cm³/mol. The van der Waals surface area contributed by atoms with Gasteiger partial charge in [0.2, 0.25) is 0 Å². The first-order chi connectivity index (χ1) is 7.41. The Bertz CT molecular complexity index is 389. The fourth-order valence-corrected chi connectivity index (χ4v) is 1.52. The molecule has 0 fully saturated rings. The third kappa shape index (κ3) is 2.93. The second-order valence-corrected chi connectivity index (χ2v) is 4.15. The van der Waals surface area contributed by atoms with Crippen LogP contribution in [0.3, 0.4) is 0 Å². The first kappa shape index (κ1) is 12.4. The van der Waals surface area contributed by atoms with Gasteiger partial charge in [0, 0.05) is 37.5 Å². The summed E-state index contributed by atoms with van der Waals surface area (Å²) in [6.45, 7) is 1.84. The van der Waals surface area contributed by atoms with Crippen LogP contribution in [0, 0.1) is 10.1 Å². The molecule has 1 rings (SSSR count). The zero-order valence-electron chi connectivity index (χ0n) is 9.80. The lowest BCUT2D eigenvalue weighted by atomic mass is 10.0. The van der Waals surface area contributed by atoms with E-state index >= 15 is 0 Å². The van der Waals surface area contributed by atoms with Crippen LogP contribution in [0.2, 0.25) is 0 Å². The summed E-state index contributed by atoms with van der Waals surface area (Å²) in [6.07, 6.45) is 0.518. The molecule has 1 atom stereocenters. The van der Waals surface area contributed by atoms with Crippen molar-refractivity contribution in [3.05, 3.63) is 33.9 Å². The highest BCUT2D eigenvalue weighted by atomic mass is 16.6. The standard InChI is InChI=1S/C11H17N3O2/c1-8(12)6-9-4-5-10(13(2)3)7-11(9)14(15)16/h4-5,7-8H,6,12H2,1-3H3. The van der Waals surface area contributed by atoms with Crippen LogP contribution in [-0.2, 0) is 6.42 Å². The van der Waals surface area contributed by atoms with Crippen LogP contribution < -0.4 is 10.6 Å². The van der Waals surface area contributed by atoms with E-state index < -0.39 is 0 Å². The Hall–Kier alpha value is -1.62. The fraction of sp³-hybridized carbons (Fsp3) is 0.455. The number of anilines is 1. The van der Waals surface area contributed by atoms with Gasteiger partial charge in [-0.3, -0.25) is 10.1 Å². The summed E-state index contributed by atoms with van der Waals surface area (Å²) < 4.78 is 0. The van der Waals surface area contributed by atoms with E-state index in [4.69, 9.17) is 5.73 Å². The van der Waals surface area contributed by atoms with Crippen LogP contribution >= 0.6 is 0 Å². The molecule has 0 bridgehead atoms. The second kappa shape index (κ2) is 4.94. The third-order valence-electron chi connectivity index (χ3n) is 2.32. The van der Waals surface area contributed by atoms with Gasteiger partial charge in [0.15, 0.2) is 0 Å². The maximum Gasteiger partial charge on any atom is 0.274 e. The van der Waals surface area contributed by atoms with Crippen molar-refractivity contribution in [1.29, 1.82) is 0 Å². The average molecular weight is 223 g/mol. The Balaban J connectivity index is 3.14. The topological polar surface area (TPSA) is 72.4 Å². The lowest BCUT2D eigenvalue weighted by Crippen LogP contribution is -2.18. The van der Waals surface area contributed by atoms with Crippen LogP contribution in [-0.4, -0.2) is 25.1 Å². The Morgan fingerprint density at radius 3 is 2.56 bits per heavy atom. The molecule has 0 aromatic heterocycles. The van der Waals surface area contributed by atoms with Gasteiger partial charge in [-0.05, 0) is 19.4 Å². The fourth-order valence-electron chi connectivity index (χ4n) is 1.52. The monoisotopic (exact) mass is 223 g/mol. The first-order valence-electron chi connectivity index (χ1n) is 5.12. The minimum atomic E-state index is -0.356. The summed E-state index contributed by atoms with van der Waals surface area (Å²) in [7, 11) is 3.70. The number of nitro groups is 1. The van der Waals surface area contributed by atoms with E-state index in [0.29, 0.717) is 12.0 Å². The molecule has 0 heterocycles. The van der Waals surface area contributed by atoms with Crippen molar-refractivity contribution >= 4 is 11.4 Å². The van der Waals surface area contributed by atoms with Crippen LogP contribution in [0.4, 0.5) is 11.4 Å². The van der Waals surface area contributed by atoms with Crippen molar-refractivity contribution < 1.29 is 4.92 Å². The molecule has 0 saturated carbocycles. The summed E-state index contributed by atoms with van der Waals surface area (Å²) in [5.74, 6) is 0. The molecule has 5 nitrogen and oxygen atoms in total. The van der Waals surface area contributed by atoms with E-state index in [1.807, 2.05) is 32.0 Å². The molecule has 88 valence electrons. The molecule has 0 saturated heterocycles. The van der Waals surface area contributed by atoms with Crippen molar-refractivity contribution in [3.63, 3.8) is 0 Å². The van der Waals surface area contributed by atoms with E-state index in [1.165, 1.54) is 0 Å². The average Bonchev–Trinajstić information content (AvgIpc) is 2.16. The van der Waals surface area contributed by atoms with Crippen molar-refractivity contribution in [2.75, 3.05) is 19.0 Å². The van der Waals surface area contributed by atoms with Gasteiger partial charge in [-0.2, -0.15) is 0 Å². The number of hydrogen-bond acceptors (Lipinski definition) is 4. The Kier molecular flexibility index (Phi) is 3.84. The van der Waals surface area contributed by atoms with Gasteiger partial charge >= 0.3 is 0 Å². The zero-order chi connectivity index (χ0) is 12.3. The van der Waals surface area contributed by atoms with Gasteiger partial charge < -0.3 is 10.6 Å². The minimum absolute atomic E-state index is 0.0797. The number of nitrogens with zero attached hydrogens (tertiary/aromatic N) is 2. The zero-order valence-corrected chi connectivity index (χ0v) is 9.80. The molecule has 1 aromatic rings. The Morgan fingerprint density at radius 2 is 2.12 bits per heavy atom. The molecular weight excluding hydrogens is 206 g/mol. The maximum absolute atomic E-state index is 10.9. The normalized spacial score (nSPS) is 12.2. The highest BCUT2D eigenvalue weighted by Crippen LogP contribution is 2.25. The van der Waals surface area contributed by atoms with Gasteiger partial charge in [0.05, 0.1) is 4.92 Å². The number of rotatable bonds is 4. The molecule has 0 spiro atoms. The van der Waals surface area contributed by atoms with Crippen LogP contribution in [0.25, 0.3) is 0 Å². The smallest absolute Gasteiger partial charge is 0.274 e. The number of hydrogen-bond donors (Lipinski definition) is 1. The lowest BCUT2D eigenvalue weighted by Gasteiger charge is -2.13. The van der Waals surface area contributed by atoms with Crippen LogP contribution in [0.15, 0.2) is 18.2 Å². The molecule has 5 heteroatoms. The van der Waals surface area contributed by atoms with E-state index in [-0.39, 0.29) is 16.7 Å². The van der Waals surface area contributed by atoms with Gasteiger partial charge in [0.25, 0.3) is 5.69 Å². The molecular formula is C11H17N3O2. The third-order valence-corrected chi connectivity index (χ3v) is 2.32. The summed E-state index contributed by atoms with van der Waals surface area (Å²) in [4.78, 5) is 12.4. The minimum Gasteiger partial charge on any atom is -0.377 e. The Labute approximate surface area is 95.0 Å². The van der Waals surface area contributed by atoms with Crippen LogP contribution in [0.1, 0.15) is 12.5 Å². The lowest BCUT2D eigenvalue weighted by molar-refractivity contribution is -0.385. The van der Waals surface area contributed by atoms with E-state index in [9.17, 15) is 10.1 Å². The Morgan fingerprint density at radius 1 is 1.50 bits per heavy atom. The summed E-state index contributed by atoms with van der Waals surface area (Å²) in [6, 6.07) is 5.14. The second-order valence-electron chi connectivity index (χ2n) is 4.15. The van der Waals surface area contributed by atoms with Crippen molar-refractivity contribution in [1.82, 2.24) is 0 Å². The highest BCUT2D eigenvalue weighted by Gasteiger charge is 2.16. The largest absolute Gasteiger partial charge is 0.377 e. The van der Waals surface area contributed by atoms with Gasteiger partial charge in [-0.15, -0.1) is 0 Å². The number of nitrogens with two attached hydrogens (primary N) is 1. The van der Waals surface area contributed by atoms with Gasteiger partial charge in [0.1, 0.15) is 0 Å². The summed E-state index contributed by atoms with van der Waals surface area (Å²) in [5.41, 5.74) is 7.31. The van der Waals surface area contributed by atoms with Crippen molar-refractivity contribution in [2.45, 2.75) is 19.4 Å². The van der Waals surface area contributed by atoms with Crippen molar-refractivity contribution in [2.24, 2.45) is 5.73 Å². The highest BCUT2D eigenvalue weighted by molar-refractivity contribution is 5.56. The molecule has 1 unspecified atom stereocenters. The number of nitro benzene ring substituents is 1. The van der Waals surface area contributed by atoms with E-state index in [2.05, 4.69) is 0 Å². The molecule has 0 aliphatic carbocycles. The van der Waals surface area contributed by atoms with Crippen LogP contribution in [0.5, 0.6) is 0 Å². The maximum atomic E-state index is 10.9. The van der Waals surface area contributed by atoms with E-state index in [1.54, 1.807) is 12.1 Å². The van der Waals surface area contributed by atoms with Gasteiger partial charge in [-0.1, -0.05) is 6.07 Å².